The molecule has 0 aliphatic heterocycles. The zero-order valence-corrected chi connectivity index (χ0v) is 13.5. The molecule has 0 radical (unpaired) electrons. The average molecular weight is 343 g/mol. The van der Waals surface area contributed by atoms with Gasteiger partial charge in [-0.15, -0.1) is 0 Å². The third-order valence-corrected chi connectivity index (χ3v) is 4.28. The van der Waals surface area contributed by atoms with Gasteiger partial charge in [-0.05, 0) is 60.2 Å². The molecule has 0 atom stereocenters. The van der Waals surface area contributed by atoms with Gasteiger partial charge in [-0.2, -0.15) is 0 Å². The molecule has 0 saturated heterocycles. The van der Waals surface area contributed by atoms with Crippen LogP contribution in [-0.4, -0.2) is 10.8 Å². The second kappa shape index (κ2) is 6.84. The molecule has 1 aliphatic carbocycles. The molecule has 0 aromatic heterocycles. The summed E-state index contributed by atoms with van der Waals surface area (Å²) in [5, 5.41) is 13.7. The molecule has 24 heavy (non-hydrogen) atoms. The number of rotatable bonds is 4. The van der Waals surface area contributed by atoms with Gasteiger partial charge in [-0.25, -0.2) is 0 Å². The Morgan fingerprint density at radius 2 is 1.96 bits per heavy atom. The first kappa shape index (κ1) is 16.2. The van der Waals surface area contributed by atoms with Crippen LogP contribution in [0.15, 0.2) is 42.5 Å². The third kappa shape index (κ3) is 3.63. The highest BCUT2D eigenvalue weighted by molar-refractivity contribution is 6.32. The van der Waals surface area contributed by atoms with Crippen LogP contribution in [0.5, 0.6) is 0 Å². The third-order valence-electron chi connectivity index (χ3n) is 3.96. The molecule has 0 bridgehead atoms. The molecule has 3 rings (SSSR count). The Labute approximate surface area is 144 Å². The predicted molar refractivity (Wildman–Crippen MR) is 94.2 cm³/mol. The van der Waals surface area contributed by atoms with Crippen LogP contribution in [0.3, 0.4) is 0 Å². The molecule has 0 saturated carbocycles. The minimum Gasteiger partial charge on any atom is -0.323 e. The Morgan fingerprint density at radius 1 is 1.17 bits per heavy atom. The van der Waals surface area contributed by atoms with Crippen molar-refractivity contribution in [2.24, 2.45) is 0 Å². The lowest BCUT2D eigenvalue weighted by molar-refractivity contribution is -0.384. The summed E-state index contributed by atoms with van der Waals surface area (Å²) in [4.78, 5) is 22.3. The van der Waals surface area contributed by atoms with E-state index in [0.717, 1.165) is 24.9 Å². The van der Waals surface area contributed by atoms with Gasteiger partial charge in [0.1, 0.15) is 5.02 Å². The first-order valence-corrected chi connectivity index (χ1v) is 7.95. The predicted octanol–water partition coefficient (Wildman–Crippen LogP) is 4.39. The lowest BCUT2D eigenvalue weighted by atomic mass is 10.1. The van der Waals surface area contributed by atoms with Crippen LogP contribution in [0.1, 0.15) is 23.1 Å². The van der Waals surface area contributed by atoms with Gasteiger partial charge in [0.25, 0.3) is 5.69 Å². The van der Waals surface area contributed by atoms with Gasteiger partial charge in [0.05, 0.1) is 4.92 Å². The molecule has 0 heterocycles. The topological polar surface area (TPSA) is 72.2 Å². The number of halogens is 1. The van der Waals surface area contributed by atoms with Crippen molar-refractivity contribution < 1.29 is 9.72 Å². The summed E-state index contributed by atoms with van der Waals surface area (Å²) < 4.78 is 0. The van der Waals surface area contributed by atoms with Crippen LogP contribution in [0, 0.1) is 10.1 Å². The van der Waals surface area contributed by atoms with E-state index in [2.05, 4.69) is 5.32 Å². The number of nitro groups is 1. The summed E-state index contributed by atoms with van der Waals surface area (Å²) in [7, 11) is 0. The van der Waals surface area contributed by atoms with E-state index < -0.39 is 4.92 Å². The lowest BCUT2D eigenvalue weighted by Gasteiger charge is -2.05. The van der Waals surface area contributed by atoms with E-state index in [1.165, 1.54) is 35.4 Å². The van der Waals surface area contributed by atoms with Gasteiger partial charge < -0.3 is 5.32 Å². The molecule has 0 fully saturated rings. The van der Waals surface area contributed by atoms with Crippen LogP contribution in [-0.2, 0) is 17.6 Å². The second-order valence-electron chi connectivity index (χ2n) is 5.63. The van der Waals surface area contributed by atoms with Crippen LogP contribution in [0.25, 0.3) is 6.08 Å². The summed E-state index contributed by atoms with van der Waals surface area (Å²) >= 11 is 5.76. The van der Waals surface area contributed by atoms with Gasteiger partial charge in [0, 0.05) is 17.8 Å². The number of fused-ring (bicyclic) bond motifs is 1. The highest BCUT2D eigenvalue weighted by Gasteiger charge is 2.12. The maximum Gasteiger partial charge on any atom is 0.288 e. The molecule has 6 heteroatoms. The highest BCUT2D eigenvalue weighted by atomic mass is 35.5. The Bertz CT molecular complexity index is 846. The van der Waals surface area contributed by atoms with Crippen molar-refractivity contribution >= 4 is 35.0 Å². The number of aryl methyl sites for hydroxylation is 2. The Hall–Kier alpha value is -2.66. The zero-order chi connectivity index (χ0) is 17.1. The first-order valence-electron chi connectivity index (χ1n) is 7.58. The largest absolute Gasteiger partial charge is 0.323 e. The van der Waals surface area contributed by atoms with Gasteiger partial charge in [-0.1, -0.05) is 23.7 Å². The van der Waals surface area contributed by atoms with Crippen molar-refractivity contribution in [3.8, 4) is 0 Å². The lowest BCUT2D eigenvalue weighted by Crippen LogP contribution is -2.08. The molecule has 2 aromatic rings. The van der Waals surface area contributed by atoms with Crippen molar-refractivity contribution in [3.63, 3.8) is 0 Å². The van der Waals surface area contributed by atoms with Gasteiger partial charge in [0.15, 0.2) is 0 Å². The van der Waals surface area contributed by atoms with Crippen molar-refractivity contribution in [1.82, 2.24) is 0 Å². The maximum atomic E-state index is 12.0. The number of anilines is 1. The molecule has 2 aromatic carbocycles. The van der Waals surface area contributed by atoms with Crippen LogP contribution >= 0.6 is 11.6 Å². The smallest absolute Gasteiger partial charge is 0.288 e. The molecular weight excluding hydrogens is 328 g/mol. The highest BCUT2D eigenvalue weighted by Crippen LogP contribution is 2.26. The van der Waals surface area contributed by atoms with E-state index in [0.29, 0.717) is 5.56 Å². The number of benzene rings is 2. The number of nitro benzene ring substituents is 1. The fraction of sp³-hybridized carbons (Fsp3) is 0.167. The van der Waals surface area contributed by atoms with E-state index in [9.17, 15) is 14.9 Å². The van der Waals surface area contributed by atoms with Crippen LogP contribution in [0.4, 0.5) is 11.4 Å². The van der Waals surface area contributed by atoms with Crippen molar-refractivity contribution in [2.75, 3.05) is 5.32 Å². The minimum absolute atomic E-state index is 0.0692. The molecule has 1 amide bonds. The SMILES string of the molecule is O=C(/C=C/c1ccc(Cl)c([N+](=O)[O-])c1)Nc1ccc2c(c1)CCC2. The summed E-state index contributed by atoms with van der Waals surface area (Å²) in [6.45, 7) is 0. The molecular formula is C18H15ClN2O3. The number of amides is 1. The first-order chi connectivity index (χ1) is 11.5. The average Bonchev–Trinajstić information content (AvgIpc) is 3.01. The number of nitrogens with zero attached hydrogens (tertiary/aromatic N) is 1. The summed E-state index contributed by atoms with van der Waals surface area (Å²) in [5.41, 5.74) is 3.74. The van der Waals surface area contributed by atoms with E-state index >= 15 is 0 Å². The summed E-state index contributed by atoms with van der Waals surface area (Å²) in [5.74, 6) is -0.287. The molecule has 122 valence electrons. The second-order valence-corrected chi connectivity index (χ2v) is 6.03. The monoisotopic (exact) mass is 342 g/mol. The van der Waals surface area contributed by atoms with E-state index in [4.69, 9.17) is 11.6 Å². The number of carbonyl (C=O) groups excluding carboxylic acids is 1. The number of carbonyl (C=O) groups is 1. The minimum atomic E-state index is -0.551. The van der Waals surface area contributed by atoms with E-state index in [1.54, 1.807) is 6.07 Å². The Kier molecular flexibility index (Phi) is 4.62. The van der Waals surface area contributed by atoms with Gasteiger partial charge in [-0.3, -0.25) is 14.9 Å². The van der Waals surface area contributed by atoms with E-state index in [-0.39, 0.29) is 16.6 Å². The quantitative estimate of drug-likeness (QED) is 0.509. The summed E-state index contributed by atoms with van der Waals surface area (Å²) in [6.07, 6.45) is 6.16. The van der Waals surface area contributed by atoms with Gasteiger partial charge in [0.2, 0.25) is 5.91 Å². The van der Waals surface area contributed by atoms with Crippen molar-refractivity contribution in [1.29, 1.82) is 0 Å². The molecule has 1 N–H and O–H groups in total. The van der Waals surface area contributed by atoms with Crippen LogP contribution < -0.4 is 5.32 Å². The molecule has 1 aliphatic rings. The molecule has 0 spiro atoms. The number of hydrogen-bond donors (Lipinski definition) is 1. The zero-order valence-electron chi connectivity index (χ0n) is 12.8. The van der Waals surface area contributed by atoms with Crippen LogP contribution in [0.2, 0.25) is 5.02 Å². The number of nitrogens with one attached hydrogen (secondary N) is 1. The fourth-order valence-electron chi connectivity index (χ4n) is 2.78. The normalized spacial score (nSPS) is 13.0. The molecule has 5 nitrogen and oxygen atoms in total. The fourth-order valence-corrected chi connectivity index (χ4v) is 2.97. The standard InChI is InChI=1S/C18H15ClN2O3/c19-16-8-4-12(10-17(16)21(23)24)5-9-18(22)20-15-7-6-13-2-1-3-14(13)11-15/h4-11H,1-3H2,(H,20,22)/b9-5+. The van der Waals surface area contributed by atoms with Gasteiger partial charge >= 0.3 is 0 Å². The van der Waals surface area contributed by atoms with E-state index in [1.807, 2.05) is 18.2 Å². The summed E-state index contributed by atoms with van der Waals surface area (Å²) in [6, 6.07) is 10.3. The maximum absolute atomic E-state index is 12.0. The number of hydrogen-bond acceptors (Lipinski definition) is 3. The Morgan fingerprint density at radius 3 is 2.75 bits per heavy atom. The van der Waals surface area contributed by atoms with Crippen molar-refractivity contribution in [2.45, 2.75) is 19.3 Å². The van der Waals surface area contributed by atoms with Crippen molar-refractivity contribution in [3.05, 3.63) is 74.3 Å². The molecule has 0 unspecified atom stereocenters. The Balaban J connectivity index is 1.69.